The summed E-state index contributed by atoms with van der Waals surface area (Å²) in [6.45, 7) is 3.33. The van der Waals surface area contributed by atoms with Crippen molar-refractivity contribution in [3.8, 4) is 11.5 Å². The molecule has 21 heavy (non-hydrogen) atoms. The van der Waals surface area contributed by atoms with Crippen LogP contribution in [0.2, 0.25) is 0 Å². The van der Waals surface area contributed by atoms with Crippen molar-refractivity contribution in [1.29, 1.82) is 0 Å². The number of aryl methyl sites for hydroxylation is 1. The maximum absolute atomic E-state index is 13.0. The van der Waals surface area contributed by atoms with Gasteiger partial charge in [0.2, 0.25) is 11.8 Å². The van der Waals surface area contributed by atoms with Crippen LogP contribution in [0.4, 0.5) is 10.1 Å². The number of nitrogens with zero attached hydrogens (tertiary/aromatic N) is 1. The minimum Gasteiger partial charge on any atom is -0.436 e. The molecule has 0 atom stereocenters. The smallest absolute Gasteiger partial charge is 0.227 e. The van der Waals surface area contributed by atoms with E-state index in [0.717, 1.165) is 5.56 Å². The molecule has 106 valence electrons. The molecule has 1 aromatic heterocycles. The molecular formula is C16H13FN2O2. The molecule has 0 saturated heterocycles. The van der Waals surface area contributed by atoms with Gasteiger partial charge in [-0.2, -0.15) is 0 Å². The maximum atomic E-state index is 13.0. The average Bonchev–Trinajstić information content (AvgIpc) is 2.83. The number of anilines is 1. The highest BCUT2D eigenvalue weighted by atomic mass is 19.1. The Hall–Kier alpha value is -2.69. The molecule has 3 rings (SSSR count). The molecule has 1 amide bonds. The van der Waals surface area contributed by atoms with E-state index < -0.39 is 0 Å². The van der Waals surface area contributed by atoms with Crippen LogP contribution in [0.15, 0.2) is 40.8 Å². The summed E-state index contributed by atoms with van der Waals surface area (Å²) in [5.41, 5.74) is 3.55. The Balaban J connectivity index is 2.09. The second kappa shape index (κ2) is 5.01. The van der Waals surface area contributed by atoms with Gasteiger partial charge in [0.05, 0.1) is 0 Å². The van der Waals surface area contributed by atoms with Gasteiger partial charge >= 0.3 is 0 Å². The Labute approximate surface area is 120 Å². The van der Waals surface area contributed by atoms with E-state index in [0.29, 0.717) is 28.2 Å². The molecule has 0 spiro atoms. The first-order chi connectivity index (χ1) is 10.0. The van der Waals surface area contributed by atoms with Crippen molar-refractivity contribution >= 4 is 22.7 Å². The van der Waals surface area contributed by atoms with Crippen molar-refractivity contribution < 1.29 is 13.6 Å². The van der Waals surface area contributed by atoms with Gasteiger partial charge < -0.3 is 9.73 Å². The Morgan fingerprint density at radius 1 is 1.24 bits per heavy atom. The predicted molar refractivity (Wildman–Crippen MR) is 78.4 cm³/mol. The summed E-state index contributed by atoms with van der Waals surface area (Å²) in [7, 11) is 0. The lowest BCUT2D eigenvalue weighted by molar-refractivity contribution is -0.114. The Morgan fingerprint density at radius 2 is 1.95 bits per heavy atom. The lowest BCUT2D eigenvalue weighted by Gasteiger charge is -2.02. The number of benzene rings is 2. The highest BCUT2D eigenvalue weighted by molar-refractivity contribution is 5.92. The third-order valence-electron chi connectivity index (χ3n) is 3.09. The number of hydrogen-bond donors (Lipinski definition) is 1. The highest BCUT2D eigenvalue weighted by Crippen LogP contribution is 2.29. The number of fused-ring (bicyclic) bond motifs is 1. The van der Waals surface area contributed by atoms with Gasteiger partial charge in [-0.15, -0.1) is 0 Å². The number of halogens is 1. The van der Waals surface area contributed by atoms with Crippen molar-refractivity contribution in [3.05, 3.63) is 47.8 Å². The molecule has 0 saturated carbocycles. The topological polar surface area (TPSA) is 55.1 Å². The summed E-state index contributed by atoms with van der Waals surface area (Å²) in [4.78, 5) is 15.5. The molecule has 0 radical (unpaired) electrons. The number of aromatic nitrogens is 1. The van der Waals surface area contributed by atoms with E-state index in [-0.39, 0.29) is 11.7 Å². The van der Waals surface area contributed by atoms with Gasteiger partial charge in [0.25, 0.3) is 0 Å². The average molecular weight is 284 g/mol. The molecule has 0 bridgehead atoms. The first-order valence-corrected chi connectivity index (χ1v) is 6.47. The second-order valence-corrected chi connectivity index (χ2v) is 4.85. The van der Waals surface area contributed by atoms with Crippen molar-refractivity contribution in [2.45, 2.75) is 13.8 Å². The molecule has 0 aliphatic rings. The van der Waals surface area contributed by atoms with Crippen molar-refractivity contribution in [1.82, 2.24) is 4.98 Å². The lowest BCUT2D eigenvalue weighted by atomic mass is 10.2. The number of carbonyl (C=O) groups is 1. The molecule has 0 aliphatic carbocycles. The fourth-order valence-corrected chi connectivity index (χ4v) is 2.19. The summed E-state index contributed by atoms with van der Waals surface area (Å²) in [6, 6.07) is 9.53. The first kappa shape index (κ1) is 13.3. The number of amides is 1. The zero-order valence-electron chi connectivity index (χ0n) is 11.6. The van der Waals surface area contributed by atoms with E-state index in [1.807, 2.05) is 13.0 Å². The van der Waals surface area contributed by atoms with Crippen molar-refractivity contribution in [2.24, 2.45) is 0 Å². The number of hydrogen-bond acceptors (Lipinski definition) is 3. The monoisotopic (exact) mass is 284 g/mol. The first-order valence-electron chi connectivity index (χ1n) is 6.47. The molecular weight excluding hydrogens is 271 g/mol. The van der Waals surface area contributed by atoms with Gasteiger partial charge in [0.1, 0.15) is 11.3 Å². The van der Waals surface area contributed by atoms with E-state index in [1.54, 1.807) is 18.2 Å². The number of carbonyl (C=O) groups excluding carboxylic acids is 1. The van der Waals surface area contributed by atoms with Crippen LogP contribution < -0.4 is 5.32 Å². The van der Waals surface area contributed by atoms with E-state index in [9.17, 15) is 9.18 Å². The second-order valence-electron chi connectivity index (χ2n) is 4.85. The Kier molecular flexibility index (Phi) is 3.17. The van der Waals surface area contributed by atoms with Gasteiger partial charge in [-0.3, -0.25) is 4.79 Å². The zero-order chi connectivity index (χ0) is 15.0. The molecule has 2 aromatic carbocycles. The van der Waals surface area contributed by atoms with Crippen LogP contribution in [-0.4, -0.2) is 10.9 Å². The molecule has 1 N–H and O–H groups in total. The molecule has 0 fully saturated rings. The van der Waals surface area contributed by atoms with Gasteiger partial charge in [0, 0.05) is 18.2 Å². The summed E-state index contributed by atoms with van der Waals surface area (Å²) >= 11 is 0. The molecule has 0 aliphatic heterocycles. The minimum absolute atomic E-state index is 0.143. The number of nitrogens with one attached hydrogen (secondary N) is 1. The normalized spacial score (nSPS) is 10.8. The standard InChI is InChI=1S/C16H13FN2O2/c1-9-7-13(18-10(2)20)8-14-15(9)21-16(19-14)11-3-5-12(17)6-4-11/h3-8H,1-2H3,(H,18,20). The minimum atomic E-state index is -0.306. The molecule has 5 heteroatoms. The molecule has 3 aromatic rings. The quantitative estimate of drug-likeness (QED) is 0.776. The molecule has 0 unspecified atom stereocenters. The summed E-state index contributed by atoms with van der Waals surface area (Å²) in [5, 5.41) is 2.72. The summed E-state index contributed by atoms with van der Waals surface area (Å²) < 4.78 is 18.7. The van der Waals surface area contributed by atoms with Crippen LogP contribution in [0, 0.1) is 12.7 Å². The predicted octanol–water partition coefficient (Wildman–Crippen LogP) is 3.90. The summed E-state index contributed by atoms with van der Waals surface area (Å²) in [6.07, 6.45) is 0. The van der Waals surface area contributed by atoms with Crippen molar-refractivity contribution in [2.75, 3.05) is 5.32 Å². The van der Waals surface area contributed by atoms with Gasteiger partial charge in [0.15, 0.2) is 5.58 Å². The maximum Gasteiger partial charge on any atom is 0.227 e. The highest BCUT2D eigenvalue weighted by Gasteiger charge is 2.12. The van der Waals surface area contributed by atoms with Crippen LogP contribution in [0.5, 0.6) is 0 Å². The van der Waals surface area contributed by atoms with Crippen LogP contribution in [0.1, 0.15) is 12.5 Å². The third-order valence-corrected chi connectivity index (χ3v) is 3.09. The van der Waals surface area contributed by atoms with E-state index in [4.69, 9.17) is 4.42 Å². The fraction of sp³-hybridized carbons (Fsp3) is 0.125. The largest absolute Gasteiger partial charge is 0.436 e. The Morgan fingerprint density at radius 3 is 2.62 bits per heavy atom. The van der Waals surface area contributed by atoms with Crippen LogP contribution in [0.25, 0.3) is 22.6 Å². The van der Waals surface area contributed by atoms with Crippen molar-refractivity contribution in [3.63, 3.8) is 0 Å². The molecule has 1 heterocycles. The van der Waals surface area contributed by atoms with E-state index in [2.05, 4.69) is 10.3 Å². The number of oxazole rings is 1. The Bertz CT molecular complexity index is 822. The van der Waals surface area contributed by atoms with Crippen LogP contribution >= 0.6 is 0 Å². The van der Waals surface area contributed by atoms with Crippen LogP contribution in [0.3, 0.4) is 0 Å². The van der Waals surface area contributed by atoms with Gasteiger partial charge in [-0.1, -0.05) is 0 Å². The SMILES string of the molecule is CC(=O)Nc1cc(C)c2oc(-c3ccc(F)cc3)nc2c1. The van der Waals surface area contributed by atoms with Crippen LogP contribution in [-0.2, 0) is 4.79 Å². The van der Waals surface area contributed by atoms with E-state index >= 15 is 0 Å². The molecule has 4 nitrogen and oxygen atoms in total. The number of rotatable bonds is 2. The fourth-order valence-electron chi connectivity index (χ4n) is 2.19. The summed E-state index contributed by atoms with van der Waals surface area (Å²) in [5.74, 6) is -0.0249. The van der Waals surface area contributed by atoms with Gasteiger partial charge in [-0.25, -0.2) is 9.37 Å². The third kappa shape index (κ3) is 2.63. The zero-order valence-corrected chi connectivity index (χ0v) is 11.6. The van der Waals surface area contributed by atoms with Gasteiger partial charge in [-0.05, 0) is 48.9 Å². The lowest BCUT2D eigenvalue weighted by Crippen LogP contribution is -2.05. The van der Waals surface area contributed by atoms with E-state index in [1.165, 1.54) is 19.1 Å².